The van der Waals surface area contributed by atoms with E-state index in [0.29, 0.717) is 16.1 Å². The van der Waals surface area contributed by atoms with Crippen LogP contribution < -0.4 is 4.72 Å². The van der Waals surface area contributed by atoms with Crippen molar-refractivity contribution < 1.29 is 8.42 Å². The second kappa shape index (κ2) is 4.95. The maximum absolute atomic E-state index is 12.1. The second-order valence-electron chi connectivity index (χ2n) is 3.82. The summed E-state index contributed by atoms with van der Waals surface area (Å²) in [5.41, 5.74) is 1.06. The fraction of sp³-hybridized carbons (Fsp3) is 0.182. The van der Waals surface area contributed by atoms with Gasteiger partial charge in [-0.1, -0.05) is 11.3 Å². The van der Waals surface area contributed by atoms with Crippen molar-refractivity contribution in [3.05, 3.63) is 34.3 Å². The van der Waals surface area contributed by atoms with Gasteiger partial charge in [-0.05, 0) is 37.6 Å². The molecule has 1 N–H and O–H groups in total. The molecule has 1 aromatic heterocycles. The van der Waals surface area contributed by atoms with E-state index in [1.807, 2.05) is 6.07 Å². The van der Waals surface area contributed by atoms with E-state index in [1.165, 1.54) is 18.2 Å². The van der Waals surface area contributed by atoms with Crippen molar-refractivity contribution in [3.63, 3.8) is 0 Å². The highest BCUT2D eigenvalue weighted by molar-refractivity contribution is 7.93. The predicted molar refractivity (Wildman–Crippen MR) is 71.3 cm³/mol. The third kappa shape index (κ3) is 2.89. The first kappa shape index (κ1) is 13.5. The zero-order chi connectivity index (χ0) is 14.0. The van der Waals surface area contributed by atoms with Gasteiger partial charge in [0.2, 0.25) is 5.13 Å². The largest absolute Gasteiger partial charge is 0.263 e. The number of anilines is 1. The van der Waals surface area contributed by atoms with Crippen LogP contribution in [0.3, 0.4) is 0 Å². The number of aryl methyl sites for hydroxylation is 2. The fourth-order valence-corrected chi connectivity index (χ4v) is 3.35. The number of nitrogens with one attached hydrogen (secondary N) is 1. The van der Waals surface area contributed by atoms with Crippen LogP contribution in [0, 0.1) is 25.2 Å². The summed E-state index contributed by atoms with van der Waals surface area (Å²) in [5.74, 6) is 0. The fourth-order valence-electron chi connectivity index (χ4n) is 1.44. The number of hydrogen-bond donors (Lipinski definition) is 1. The normalized spacial score (nSPS) is 11.0. The van der Waals surface area contributed by atoms with E-state index in [1.54, 1.807) is 13.8 Å². The van der Waals surface area contributed by atoms with E-state index in [4.69, 9.17) is 5.26 Å². The number of nitriles is 1. The molecule has 0 radical (unpaired) electrons. The Morgan fingerprint density at radius 1 is 1.32 bits per heavy atom. The van der Waals surface area contributed by atoms with Crippen molar-refractivity contribution in [1.29, 1.82) is 5.26 Å². The Morgan fingerprint density at radius 2 is 2.05 bits per heavy atom. The van der Waals surface area contributed by atoms with Gasteiger partial charge in [-0.2, -0.15) is 5.26 Å². The third-order valence-corrected chi connectivity index (χ3v) is 4.60. The maximum Gasteiger partial charge on any atom is 0.263 e. The molecule has 8 heteroatoms. The minimum Gasteiger partial charge on any atom is -0.253 e. The molecule has 6 nitrogen and oxygen atoms in total. The second-order valence-corrected chi connectivity index (χ2v) is 6.68. The summed E-state index contributed by atoms with van der Waals surface area (Å²) in [7, 11) is -3.70. The summed E-state index contributed by atoms with van der Waals surface area (Å²) in [4.78, 5) is 0.0943. The Bertz CT molecular complexity index is 759. The number of benzene rings is 1. The highest BCUT2D eigenvalue weighted by atomic mass is 32.2. The molecule has 19 heavy (non-hydrogen) atoms. The quantitative estimate of drug-likeness (QED) is 0.931. The lowest BCUT2D eigenvalue weighted by atomic mass is 10.1. The molecule has 0 aliphatic carbocycles. The maximum atomic E-state index is 12.1. The van der Waals surface area contributed by atoms with Crippen LogP contribution in [0.25, 0.3) is 0 Å². The van der Waals surface area contributed by atoms with Gasteiger partial charge in [0.05, 0.1) is 16.5 Å². The average Bonchev–Trinajstić information content (AvgIpc) is 2.73. The molecule has 1 heterocycles. The Kier molecular flexibility index (Phi) is 3.50. The number of rotatable bonds is 3. The lowest BCUT2D eigenvalue weighted by molar-refractivity contribution is 0.601. The minimum atomic E-state index is -3.70. The minimum absolute atomic E-state index is 0.0943. The van der Waals surface area contributed by atoms with Crippen molar-refractivity contribution in [3.8, 4) is 6.07 Å². The number of aromatic nitrogens is 2. The summed E-state index contributed by atoms with van der Waals surface area (Å²) in [6, 6.07) is 6.32. The van der Waals surface area contributed by atoms with Gasteiger partial charge in [0, 0.05) is 0 Å². The molecule has 98 valence electrons. The van der Waals surface area contributed by atoms with Crippen LogP contribution in [0.15, 0.2) is 23.1 Å². The van der Waals surface area contributed by atoms with Crippen LogP contribution in [-0.2, 0) is 10.0 Å². The van der Waals surface area contributed by atoms with E-state index in [9.17, 15) is 8.42 Å². The Labute approximate surface area is 114 Å². The van der Waals surface area contributed by atoms with Gasteiger partial charge in [0.15, 0.2) is 0 Å². The molecule has 0 saturated carbocycles. The lowest BCUT2D eigenvalue weighted by Gasteiger charge is -2.06. The first-order valence-electron chi connectivity index (χ1n) is 5.26. The molecule has 0 aliphatic rings. The van der Waals surface area contributed by atoms with Gasteiger partial charge < -0.3 is 0 Å². The number of nitrogens with zero attached hydrogens (tertiary/aromatic N) is 3. The Balaban J connectivity index is 2.35. The molecule has 0 unspecified atom stereocenters. The molecular formula is C11H10N4O2S2. The zero-order valence-corrected chi connectivity index (χ0v) is 11.8. The molecule has 1 aromatic carbocycles. The highest BCUT2D eigenvalue weighted by Crippen LogP contribution is 2.20. The summed E-state index contributed by atoms with van der Waals surface area (Å²) >= 11 is 1.16. The van der Waals surface area contributed by atoms with E-state index in [0.717, 1.165) is 11.3 Å². The summed E-state index contributed by atoms with van der Waals surface area (Å²) < 4.78 is 26.6. The molecule has 0 fully saturated rings. The summed E-state index contributed by atoms with van der Waals surface area (Å²) in [6.45, 7) is 3.42. The van der Waals surface area contributed by atoms with Crippen molar-refractivity contribution >= 4 is 26.5 Å². The molecule has 2 aromatic rings. The van der Waals surface area contributed by atoms with Gasteiger partial charge in [0.25, 0.3) is 10.0 Å². The molecule has 0 bridgehead atoms. The predicted octanol–water partition coefficient (Wildman–Crippen LogP) is 1.83. The Morgan fingerprint density at radius 3 is 2.58 bits per heavy atom. The van der Waals surface area contributed by atoms with Crippen molar-refractivity contribution in [1.82, 2.24) is 10.2 Å². The third-order valence-electron chi connectivity index (χ3n) is 2.38. The molecule has 0 amide bonds. The highest BCUT2D eigenvalue weighted by Gasteiger charge is 2.17. The zero-order valence-electron chi connectivity index (χ0n) is 10.2. The van der Waals surface area contributed by atoms with Crippen molar-refractivity contribution in [2.45, 2.75) is 18.7 Å². The van der Waals surface area contributed by atoms with Crippen LogP contribution in [0.4, 0.5) is 5.13 Å². The first-order chi connectivity index (χ1) is 8.92. The number of hydrogen-bond acceptors (Lipinski definition) is 6. The van der Waals surface area contributed by atoms with Crippen LogP contribution in [-0.4, -0.2) is 18.6 Å². The van der Waals surface area contributed by atoms with Gasteiger partial charge in [0.1, 0.15) is 5.01 Å². The molecule has 2 rings (SSSR count). The van der Waals surface area contributed by atoms with Crippen LogP contribution in [0.1, 0.15) is 16.1 Å². The topological polar surface area (TPSA) is 95.7 Å². The van der Waals surface area contributed by atoms with Gasteiger partial charge in [-0.25, -0.2) is 8.42 Å². The van der Waals surface area contributed by atoms with E-state index in [2.05, 4.69) is 14.9 Å². The van der Waals surface area contributed by atoms with Crippen molar-refractivity contribution in [2.75, 3.05) is 4.72 Å². The molecule has 0 spiro atoms. The van der Waals surface area contributed by atoms with Gasteiger partial charge >= 0.3 is 0 Å². The standard InChI is InChI=1S/C11H10N4O2S2/c1-7-5-10(4-3-9(7)6-12)19(16,17)15-11-14-13-8(2)18-11/h3-5H,1-2H3,(H,14,15). The average molecular weight is 294 g/mol. The molecule has 0 aliphatic heterocycles. The smallest absolute Gasteiger partial charge is 0.253 e. The van der Waals surface area contributed by atoms with Gasteiger partial charge in [-0.3, -0.25) is 4.72 Å². The van der Waals surface area contributed by atoms with Crippen LogP contribution in [0.2, 0.25) is 0 Å². The summed E-state index contributed by atoms with van der Waals surface area (Å²) in [6.07, 6.45) is 0. The van der Waals surface area contributed by atoms with Crippen LogP contribution in [0.5, 0.6) is 0 Å². The first-order valence-corrected chi connectivity index (χ1v) is 7.56. The lowest BCUT2D eigenvalue weighted by Crippen LogP contribution is -2.13. The van der Waals surface area contributed by atoms with Gasteiger partial charge in [-0.15, -0.1) is 10.2 Å². The van der Waals surface area contributed by atoms with E-state index in [-0.39, 0.29) is 10.0 Å². The monoisotopic (exact) mass is 294 g/mol. The van der Waals surface area contributed by atoms with Crippen molar-refractivity contribution in [2.24, 2.45) is 0 Å². The number of sulfonamides is 1. The summed E-state index contributed by atoms with van der Waals surface area (Å²) in [5, 5.41) is 17.2. The molecule has 0 saturated heterocycles. The molecule has 0 atom stereocenters. The molecular weight excluding hydrogens is 284 g/mol. The van der Waals surface area contributed by atoms with E-state index < -0.39 is 10.0 Å². The van der Waals surface area contributed by atoms with E-state index >= 15 is 0 Å². The SMILES string of the molecule is Cc1nnc(NS(=O)(=O)c2ccc(C#N)c(C)c2)s1. The Hall–Kier alpha value is -1.98. The van der Waals surface area contributed by atoms with Crippen LogP contribution >= 0.6 is 11.3 Å².